The van der Waals surface area contributed by atoms with Gasteiger partial charge in [0.2, 0.25) is 0 Å². The largest absolute Gasteiger partial charge is 0.405 e. The molecule has 160 valence electrons. The fraction of sp³-hybridized carbons (Fsp3) is 0.0800. The van der Waals surface area contributed by atoms with Crippen LogP contribution in [0.1, 0.15) is 22.5 Å². The molecule has 3 N–H and O–H groups in total. The van der Waals surface area contributed by atoms with Gasteiger partial charge in [-0.25, -0.2) is 4.68 Å². The van der Waals surface area contributed by atoms with Gasteiger partial charge in [0.05, 0.1) is 58.2 Å². The molecule has 0 spiro atoms. The molecular formula is C25H20N8. The molecule has 33 heavy (non-hydrogen) atoms. The molecule has 0 bridgehead atoms. The number of nitriles is 1. The van der Waals surface area contributed by atoms with Gasteiger partial charge < -0.3 is 5.73 Å². The van der Waals surface area contributed by atoms with E-state index in [9.17, 15) is 0 Å². The van der Waals surface area contributed by atoms with Crippen molar-refractivity contribution in [3.05, 3.63) is 95.7 Å². The van der Waals surface area contributed by atoms with Crippen LogP contribution in [0.25, 0.3) is 27.5 Å². The summed E-state index contributed by atoms with van der Waals surface area (Å²) in [6.45, 7) is 2.41. The number of aliphatic imine (C=N–C) groups is 1. The number of H-pyrrole nitrogens is 1. The summed E-state index contributed by atoms with van der Waals surface area (Å²) in [7, 11) is 0. The maximum absolute atomic E-state index is 8.98. The molecule has 0 saturated carbocycles. The van der Waals surface area contributed by atoms with Gasteiger partial charge in [-0.05, 0) is 61.2 Å². The van der Waals surface area contributed by atoms with E-state index < -0.39 is 0 Å². The van der Waals surface area contributed by atoms with Gasteiger partial charge in [-0.1, -0.05) is 12.1 Å². The first-order valence-corrected chi connectivity index (χ1v) is 10.4. The summed E-state index contributed by atoms with van der Waals surface area (Å²) in [5.74, 6) is 0. The number of aromatic nitrogens is 5. The maximum Gasteiger partial charge on any atom is 0.0991 e. The summed E-state index contributed by atoms with van der Waals surface area (Å²) in [4.78, 5) is 9.35. The third-order valence-corrected chi connectivity index (χ3v) is 5.45. The quantitative estimate of drug-likeness (QED) is 0.407. The molecule has 8 nitrogen and oxygen atoms in total. The molecule has 0 aliphatic rings. The van der Waals surface area contributed by atoms with Crippen LogP contribution >= 0.6 is 0 Å². The Hall–Kier alpha value is -4.77. The van der Waals surface area contributed by atoms with Crippen LogP contribution in [0.15, 0.2) is 78.2 Å². The van der Waals surface area contributed by atoms with Crippen LogP contribution in [0.5, 0.6) is 0 Å². The van der Waals surface area contributed by atoms with Gasteiger partial charge in [-0.2, -0.15) is 15.5 Å². The Balaban J connectivity index is 1.56. The molecule has 0 amide bonds. The summed E-state index contributed by atoms with van der Waals surface area (Å²) in [6, 6.07) is 17.5. The predicted molar refractivity (Wildman–Crippen MR) is 128 cm³/mol. The highest BCUT2D eigenvalue weighted by Gasteiger charge is 2.13. The van der Waals surface area contributed by atoms with Gasteiger partial charge >= 0.3 is 0 Å². The lowest BCUT2D eigenvalue weighted by Crippen LogP contribution is -2.04. The number of nitrogens with one attached hydrogen (secondary N) is 1. The highest BCUT2D eigenvalue weighted by molar-refractivity contribution is 6.08. The van der Waals surface area contributed by atoms with Crippen LogP contribution < -0.4 is 5.73 Å². The average Bonchev–Trinajstić information content (AvgIpc) is 3.45. The second kappa shape index (κ2) is 8.40. The zero-order chi connectivity index (χ0) is 22.8. The SMILES string of the molecule is Cc1nn(-c2ccc3cn[nH]c3c2)c2cc(C(C=CN)=NCc3ccc(C#N)cc3)ncc12. The lowest BCUT2D eigenvalue weighted by Gasteiger charge is -2.06. The molecule has 0 fully saturated rings. The van der Waals surface area contributed by atoms with Crippen LogP contribution in [0.3, 0.4) is 0 Å². The minimum absolute atomic E-state index is 0.444. The van der Waals surface area contributed by atoms with Crippen LogP contribution in [0.4, 0.5) is 0 Å². The third kappa shape index (κ3) is 3.83. The highest BCUT2D eigenvalue weighted by Crippen LogP contribution is 2.24. The summed E-state index contributed by atoms with van der Waals surface area (Å²) < 4.78 is 1.90. The van der Waals surface area contributed by atoms with Crippen LogP contribution in [0, 0.1) is 18.3 Å². The number of benzene rings is 2. The number of allylic oxidation sites excluding steroid dienone is 1. The number of nitrogens with zero attached hydrogens (tertiary/aromatic N) is 6. The third-order valence-electron chi connectivity index (χ3n) is 5.45. The number of pyridine rings is 1. The maximum atomic E-state index is 8.98. The van der Waals surface area contributed by atoms with E-state index >= 15 is 0 Å². The average molecular weight is 432 g/mol. The van der Waals surface area contributed by atoms with Crippen LogP contribution in [0.2, 0.25) is 0 Å². The van der Waals surface area contributed by atoms with Gasteiger partial charge in [-0.15, -0.1) is 0 Å². The van der Waals surface area contributed by atoms with Crippen molar-refractivity contribution in [2.75, 3.05) is 0 Å². The highest BCUT2D eigenvalue weighted by atomic mass is 15.3. The molecule has 5 rings (SSSR count). The Morgan fingerprint density at radius 2 is 2.03 bits per heavy atom. The van der Waals surface area contributed by atoms with Crippen LogP contribution in [-0.2, 0) is 6.54 Å². The summed E-state index contributed by atoms with van der Waals surface area (Å²) >= 11 is 0. The van der Waals surface area contributed by atoms with E-state index in [4.69, 9.17) is 21.1 Å². The van der Waals surface area contributed by atoms with E-state index in [1.54, 1.807) is 24.4 Å². The molecule has 0 aliphatic carbocycles. The van der Waals surface area contributed by atoms with Crippen molar-refractivity contribution in [2.24, 2.45) is 10.7 Å². The molecule has 0 atom stereocenters. The molecule has 0 unspecified atom stereocenters. The molecule has 3 aromatic heterocycles. The molecule has 2 aromatic carbocycles. The minimum atomic E-state index is 0.444. The number of aromatic amines is 1. The molecule has 3 heterocycles. The van der Waals surface area contributed by atoms with Crippen molar-refractivity contribution >= 4 is 27.5 Å². The zero-order valence-electron chi connectivity index (χ0n) is 17.9. The Kier molecular flexibility index (Phi) is 5.13. The molecule has 5 aromatic rings. The van der Waals surface area contributed by atoms with Gasteiger partial charge in [0.1, 0.15) is 0 Å². The summed E-state index contributed by atoms with van der Waals surface area (Å²) in [6.07, 6.45) is 6.81. The van der Waals surface area contributed by atoms with Gasteiger partial charge in [0.15, 0.2) is 0 Å². The number of aryl methyl sites for hydroxylation is 1. The van der Waals surface area contributed by atoms with E-state index in [0.717, 1.165) is 38.8 Å². The summed E-state index contributed by atoms with van der Waals surface area (Å²) in [5.41, 5.74) is 12.4. The predicted octanol–water partition coefficient (Wildman–Crippen LogP) is 3.94. The van der Waals surface area contributed by atoms with E-state index in [2.05, 4.69) is 21.3 Å². The monoisotopic (exact) mass is 432 g/mol. The number of fused-ring (bicyclic) bond motifs is 2. The van der Waals surface area contributed by atoms with E-state index in [-0.39, 0.29) is 0 Å². The van der Waals surface area contributed by atoms with Crippen molar-refractivity contribution in [3.63, 3.8) is 0 Å². The van der Waals surface area contributed by atoms with Gasteiger partial charge in [-0.3, -0.25) is 15.1 Å². The minimum Gasteiger partial charge on any atom is -0.405 e. The van der Waals surface area contributed by atoms with Gasteiger partial charge in [0, 0.05) is 17.0 Å². The van der Waals surface area contributed by atoms with Crippen molar-refractivity contribution in [1.29, 1.82) is 5.26 Å². The van der Waals surface area contributed by atoms with E-state index in [1.807, 2.05) is 54.2 Å². The van der Waals surface area contributed by atoms with E-state index in [1.165, 1.54) is 6.20 Å². The first-order valence-electron chi connectivity index (χ1n) is 10.4. The molecule has 0 saturated heterocycles. The normalized spacial score (nSPS) is 12.1. The second-order valence-corrected chi connectivity index (χ2v) is 7.59. The van der Waals surface area contributed by atoms with Gasteiger partial charge in [0.25, 0.3) is 0 Å². The Morgan fingerprint density at radius 1 is 1.18 bits per heavy atom. The number of hydrogen-bond acceptors (Lipinski definition) is 6. The Labute approximate surface area is 189 Å². The molecule has 0 radical (unpaired) electrons. The van der Waals surface area contributed by atoms with Crippen LogP contribution in [-0.4, -0.2) is 30.7 Å². The summed E-state index contributed by atoms with van der Waals surface area (Å²) in [5, 5.41) is 22.8. The first-order chi connectivity index (χ1) is 16.2. The van der Waals surface area contributed by atoms with Crippen molar-refractivity contribution in [1.82, 2.24) is 25.0 Å². The first kappa shape index (κ1) is 20.2. The topological polar surface area (TPSA) is 122 Å². The second-order valence-electron chi connectivity index (χ2n) is 7.59. The number of nitrogens with two attached hydrogens (primary N) is 1. The molecular weight excluding hydrogens is 412 g/mol. The Bertz CT molecular complexity index is 1560. The molecule has 8 heteroatoms. The smallest absolute Gasteiger partial charge is 0.0991 e. The standard InChI is InChI=1S/C25H20N8/c1-16-21-15-29-24(22(8-9-26)28-13-18-4-2-17(12-27)3-5-18)11-25(21)33(32-16)20-7-6-19-14-30-31-23(19)10-20/h2-11,14-15H,13,26H2,1H3,(H,30,31). The van der Waals surface area contributed by atoms with E-state index in [0.29, 0.717) is 23.5 Å². The van der Waals surface area contributed by atoms with Crippen molar-refractivity contribution in [3.8, 4) is 11.8 Å². The number of hydrogen-bond donors (Lipinski definition) is 2. The van der Waals surface area contributed by atoms with Crippen molar-refractivity contribution < 1.29 is 0 Å². The molecule has 0 aliphatic heterocycles. The zero-order valence-corrected chi connectivity index (χ0v) is 17.9. The van der Waals surface area contributed by atoms with Crippen molar-refractivity contribution in [2.45, 2.75) is 13.5 Å². The fourth-order valence-corrected chi connectivity index (χ4v) is 3.72. The fourth-order valence-electron chi connectivity index (χ4n) is 3.72. The lowest BCUT2D eigenvalue weighted by atomic mass is 10.1. The Morgan fingerprint density at radius 3 is 2.82 bits per heavy atom. The lowest BCUT2D eigenvalue weighted by molar-refractivity contribution is 0.889. The number of rotatable bonds is 5.